The summed E-state index contributed by atoms with van der Waals surface area (Å²) in [4.78, 5) is 22.4. The molecule has 0 aliphatic rings. The second-order valence-corrected chi connectivity index (χ2v) is 1.75. The maximum absolute atomic E-state index is 10.6. The minimum Gasteiger partial charge on any atom is -0.492 e. The molecule has 6 heteroatoms. The van der Waals surface area contributed by atoms with Gasteiger partial charge in [-0.2, -0.15) is 0 Å². The first-order valence-corrected chi connectivity index (χ1v) is 2.48. The zero-order valence-corrected chi connectivity index (χ0v) is 5.16. The lowest BCUT2D eigenvalue weighted by Gasteiger charge is -1.86. The molecule has 0 amide bonds. The molecule has 0 spiro atoms. The molecule has 0 saturated carbocycles. The smallest absolute Gasteiger partial charge is 0.329 e. The Hall–Kier alpha value is -1.59. The minimum atomic E-state index is -0.563. The van der Waals surface area contributed by atoms with Crippen LogP contribution in [0.4, 0.5) is 5.82 Å². The van der Waals surface area contributed by atoms with E-state index in [9.17, 15) is 9.70 Å². The molecule has 0 aromatic carbocycles. The van der Waals surface area contributed by atoms with Crippen molar-refractivity contribution in [2.45, 2.75) is 0 Å². The van der Waals surface area contributed by atoms with E-state index >= 15 is 0 Å². The van der Waals surface area contributed by atoms with Crippen molar-refractivity contribution in [2.24, 2.45) is 12.2 Å². The van der Waals surface area contributed by atoms with E-state index in [1.165, 1.54) is 7.05 Å². The van der Waals surface area contributed by atoms with Crippen molar-refractivity contribution < 1.29 is 5.11 Å². The van der Waals surface area contributed by atoms with E-state index in [0.29, 0.717) is 0 Å². The van der Waals surface area contributed by atoms with Gasteiger partial charge in [0.2, 0.25) is 11.7 Å². The van der Waals surface area contributed by atoms with Crippen LogP contribution < -0.4 is 5.69 Å². The van der Waals surface area contributed by atoms with Gasteiger partial charge >= 0.3 is 5.69 Å². The van der Waals surface area contributed by atoms with Gasteiger partial charge in [0.1, 0.15) is 0 Å². The van der Waals surface area contributed by atoms with Crippen molar-refractivity contribution in [3.05, 3.63) is 15.4 Å². The van der Waals surface area contributed by atoms with Gasteiger partial charge < -0.3 is 5.11 Å². The highest BCUT2D eigenvalue weighted by molar-refractivity contribution is 5.38. The van der Waals surface area contributed by atoms with Crippen molar-refractivity contribution in [3.8, 4) is 5.88 Å². The van der Waals surface area contributed by atoms with Gasteiger partial charge in [-0.05, 0) is 5.18 Å². The van der Waals surface area contributed by atoms with Crippen LogP contribution in [-0.2, 0) is 7.05 Å². The average Bonchev–Trinajstić information content (AvgIpc) is 2.09. The van der Waals surface area contributed by atoms with Gasteiger partial charge in [0, 0.05) is 7.05 Å². The molecule has 1 heterocycles. The van der Waals surface area contributed by atoms with Crippen LogP contribution in [0.5, 0.6) is 5.88 Å². The number of nitrogens with one attached hydrogen (secondary N) is 1. The number of aromatic nitrogens is 2. The molecule has 54 valence electrons. The summed E-state index contributed by atoms with van der Waals surface area (Å²) in [6.07, 6.45) is 0. The van der Waals surface area contributed by atoms with Crippen molar-refractivity contribution in [1.82, 2.24) is 9.55 Å². The number of hydrogen-bond donors (Lipinski definition) is 2. The van der Waals surface area contributed by atoms with E-state index in [2.05, 4.69) is 5.18 Å². The maximum Gasteiger partial charge on any atom is 0.329 e. The van der Waals surface area contributed by atoms with Crippen LogP contribution in [0.1, 0.15) is 0 Å². The fraction of sp³-hybridized carbons (Fsp3) is 0.250. The fourth-order valence-electron chi connectivity index (χ4n) is 0.601. The normalized spacial score (nSPS) is 9.70. The monoisotopic (exact) mass is 143 g/mol. The van der Waals surface area contributed by atoms with Crippen LogP contribution >= 0.6 is 0 Å². The molecule has 0 atom stereocenters. The summed E-state index contributed by atoms with van der Waals surface area (Å²) in [6, 6.07) is 0. The van der Waals surface area contributed by atoms with Crippen molar-refractivity contribution in [3.63, 3.8) is 0 Å². The standard InChI is InChI=1S/C4H5N3O3/c1-7-2(6-10)3(8)5-4(7)9/h8H,1H3,(H,5,9). The van der Waals surface area contributed by atoms with Crippen LogP contribution in [0.2, 0.25) is 0 Å². The first-order chi connectivity index (χ1) is 4.66. The second kappa shape index (κ2) is 1.98. The molecule has 2 N–H and O–H groups in total. The molecule has 1 aromatic rings. The van der Waals surface area contributed by atoms with Gasteiger partial charge in [-0.25, -0.2) is 4.79 Å². The summed E-state index contributed by atoms with van der Waals surface area (Å²) in [6.45, 7) is 0. The summed E-state index contributed by atoms with van der Waals surface area (Å²) in [5.41, 5.74) is -0.563. The summed E-state index contributed by atoms with van der Waals surface area (Å²) < 4.78 is 0.919. The molecule has 1 rings (SSSR count). The SMILES string of the molecule is Cn1c(N=O)c(O)[nH]c1=O. The van der Waals surface area contributed by atoms with Crippen molar-refractivity contribution >= 4 is 5.82 Å². The quantitative estimate of drug-likeness (QED) is 0.534. The number of nitroso groups, excluding NO2 is 1. The fourth-order valence-corrected chi connectivity index (χ4v) is 0.601. The van der Waals surface area contributed by atoms with E-state index < -0.39 is 11.6 Å². The molecule has 6 nitrogen and oxygen atoms in total. The van der Waals surface area contributed by atoms with Crippen LogP contribution in [0.25, 0.3) is 0 Å². The number of nitrogens with zero attached hydrogens (tertiary/aromatic N) is 2. The second-order valence-electron chi connectivity index (χ2n) is 1.75. The predicted octanol–water partition coefficient (Wildman–Crippen LogP) is -0.183. The molecule has 0 aliphatic heterocycles. The molecular weight excluding hydrogens is 138 g/mol. The van der Waals surface area contributed by atoms with Crippen LogP contribution in [-0.4, -0.2) is 14.7 Å². The third kappa shape index (κ3) is 0.697. The number of rotatable bonds is 1. The lowest BCUT2D eigenvalue weighted by Crippen LogP contribution is -2.11. The summed E-state index contributed by atoms with van der Waals surface area (Å²) in [5, 5.41) is 11.2. The van der Waals surface area contributed by atoms with Crippen LogP contribution in [0, 0.1) is 4.91 Å². The number of H-pyrrole nitrogens is 1. The number of hydrogen-bond acceptors (Lipinski definition) is 4. The summed E-state index contributed by atoms with van der Waals surface area (Å²) in [7, 11) is 1.33. The van der Waals surface area contributed by atoms with Crippen LogP contribution in [0.15, 0.2) is 9.97 Å². The van der Waals surface area contributed by atoms with Crippen LogP contribution in [0.3, 0.4) is 0 Å². The molecule has 10 heavy (non-hydrogen) atoms. The third-order valence-corrected chi connectivity index (χ3v) is 1.15. The molecule has 0 aliphatic carbocycles. The topological polar surface area (TPSA) is 87.4 Å². The minimum absolute atomic E-state index is 0.287. The van der Waals surface area contributed by atoms with Gasteiger partial charge in [-0.3, -0.25) is 9.55 Å². The zero-order valence-electron chi connectivity index (χ0n) is 5.16. The van der Waals surface area contributed by atoms with E-state index in [0.717, 1.165) is 4.57 Å². The number of aromatic amines is 1. The Labute approximate surface area is 55.1 Å². The predicted molar refractivity (Wildman–Crippen MR) is 33.2 cm³/mol. The first kappa shape index (κ1) is 6.53. The Kier molecular flexibility index (Phi) is 1.29. The van der Waals surface area contributed by atoms with Crippen molar-refractivity contribution in [1.29, 1.82) is 0 Å². The Balaban J connectivity index is 3.48. The van der Waals surface area contributed by atoms with E-state index in [-0.39, 0.29) is 5.82 Å². The van der Waals surface area contributed by atoms with Gasteiger partial charge in [-0.15, -0.1) is 4.91 Å². The lowest BCUT2D eigenvalue weighted by atomic mass is 10.7. The first-order valence-electron chi connectivity index (χ1n) is 2.48. The van der Waals surface area contributed by atoms with Crippen molar-refractivity contribution in [2.75, 3.05) is 0 Å². The van der Waals surface area contributed by atoms with E-state index in [1.54, 1.807) is 0 Å². The summed E-state index contributed by atoms with van der Waals surface area (Å²) in [5.74, 6) is -0.785. The van der Waals surface area contributed by atoms with Gasteiger partial charge in [0.05, 0.1) is 0 Å². The number of aromatic hydroxyl groups is 1. The third-order valence-electron chi connectivity index (χ3n) is 1.15. The molecule has 0 fully saturated rings. The highest BCUT2D eigenvalue weighted by Crippen LogP contribution is 2.19. The molecule has 0 unspecified atom stereocenters. The average molecular weight is 143 g/mol. The van der Waals surface area contributed by atoms with E-state index in [1.807, 2.05) is 4.98 Å². The van der Waals surface area contributed by atoms with Gasteiger partial charge in [0.15, 0.2) is 0 Å². The Bertz CT molecular complexity index is 310. The maximum atomic E-state index is 10.6. The molecule has 0 saturated heterocycles. The molecule has 1 aromatic heterocycles. The van der Waals surface area contributed by atoms with E-state index in [4.69, 9.17) is 5.11 Å². The van der Waals surface area contributed by atoms with Gasteiger partial charge in [0.25, 0.3) is 0 Å². The molecule has 0 bridgehead atoms. The van der Waals surface area contributed by atoms with Gasteiger partial charge in [-0.1, -0.05) is 0 Å². The Morgan fingerprint density at radius 1 is 1.70 bits per heavy atom. The molecule has 0 radical (unpaired) electrons. The number of imidazole rings is 1. The lowest BCUT2D eigenvalue weighted by molar-refractivity contribution is 0.457. The highest BCUT2D eigenvalue weighted by atomic mass is 16.3. The summed E-state index contributed by atoms with van der Waals surface area (Å²) >= 11 is 0. The Morgan fingerprint density at radius 3 is 2.50 bits per heavy atom. The Morgan fingerprint density at radius 2 is 2.30 bits per heavy atom. The zero-order chi connectivity index (χ0) is 7.72. The highest BCUT2D eigenvalue weighted by Gasteiger charge is 2.08. The largest absolute Gasteiger partial charge is 0.492 e. The molecular formula is C4H5N3O3.